The maximum absolute atomic E-state index is 11.4. The number of carbonyl (C=O) groups is 2. The SMILES string of the molecule is C=CC(=O)OCCOc1ccc2cc(-c3nc4cc(C5(c6ccc7sc(-c8ccc9cc(OCCOC(=O)C=C)ccc9c8)nc7c6)c6ccccc6-c6cc7ccccc7cc65)ccc4s3)ccc2c1. The quantitative estimate of drug-likeness (QED) is 0.0604. The van der Waals surface area contributed by atoms with E-state index in [0.29, 0.717) is 11.5 Å². The van der Waals surface area contributed by atoms with Gasteiger partial charge in [-0.3, -0.25) is 0 Å². The van der Waals surface area contributed by atoms with E-state index < -0.39 is 17.4 Å². The first kappa shape index (κ1) is 43.8. The molecule has 11 aromatic rings. The van der Waals surface area contributed by atoms with E-state index in [1.54, 1.807) is 22.7 Å². The number of ether oxygens (including phenoxy) is 4. The van der Waals surface area contributed by atoms with Crippen molar-refractivity contribution in [2.24, 2.45) is 0 Å². The number of rotatable bonds is 14. The minimum absolute atomic E-state index is 0.148. The summed E-state index contributed by atoms with van der Waals surface area (Å²) in [6.45, 7) is 7.66. The highest BCUT2D eigenvalue weighted by Gasteiger charge is 2.46. The van der Waals surface area contributed by atoms with Gasteiger partial charge in [0.05, 0.1) is 25.8 Å². The molecule has 0 fully saturated rings. The Balaban J connectivity index is 0.921. The summed E-state index contributed by atoms with van der Waals surface area (Å²) < 4.78 is 24.0. The van der Waals surface area contributed by atoms with Crippen molar-refractivity contribution < 1.29 is 28.5 Å². The average molecular weight is 963 g/mol. The van der Waals surface area contributed by atoms with Crippen LogP contribution in [0.1, 0.15) is 22.3 Å². The van der Waals surface area contributed by atoms with Gasteiger partial charge in [-0.2, -0.15) is 0 Å². The molecule has 9 aromatic carbocycles. The van der Waals surface area contributed by atoms with Crippen LogP contribution in [0.3, 0.4) is 0 Å². The van der Waals surface area contributed by atoms with Crippen molar-refractivity contribution in [1.29, 1.82) is 0 Å². The van der Waals surface area contributed by atoms with Gasteiger partial charge in [0.25, 0.3) is 0 Å². The summed E-state index contributed by atoms with van der Waals surface area (Å²) in [4.78, 5) is 33.5. The Morgan fingerprint density at radius 2 is 0.944 bits per heavy atom. The molecule has 12 rings (SSSR count). The van der Waals surface area contributed by atoms with Gasteiger partial charge in [-0.05, 0) is 138 Å². The molecular weight excluding hydrogens is 921 g/mol. The van der Waals surface area contributed by atoms with Crippen LogP contribution in [0.4, 0.5) is 0 Å². The molecule has 2 heterocycles. The lowest BCUT2D eigenvalue weighted by atomic mass is 9.67. The number of hydrogen-bond donors (Lipinski definition) is 0. The van der Waals surface area contributed by atoms with E-state index in [-0.39, 0.29) is 26.4 Å². The molecule has 10 heteroatoms. The number of aromatic nitrogens is 2. The van der Waals surface area contributed by atoms with Gasteiger partial charge in [-0.15, -0.1) is 22.7 Å². The van der Waals surface area contributed by atoms with E-state index >= 15 is 0 Å². The van der Waals surface area contributed by atoms with Crippen LogP contribution in [-0.4, -0.2) is 48.3 Å². The number of thiazole rings is 2. The molecule has 0 atom stereocenters. The van der Waals surface area contributed by atoms with Crippen LogP contribution in [0, 0.1) is 0 Å². The van der Waals surface area contributed by atoms with Crippen molar-refractivity contribution in [3.8, 4) is 43.8 Å². The van der Waals surface area contributed by atoms with Gasteiger partial charge in [0.15, 0.2) is 0 Å². The van der Waals surface area contributed by atoms with Crippen molar-refractivity contribution in [3.05, 3.63) is 217 Å². The van der Waals surface area contributed by atoms with Gasteiger partial charge in [-0.25, -0.2) is 19.6 Å². The molecule has 0 spiro atoms. The summed E-state index contributed by atoms with van der Waals surface area (Å²) in [6, 6.07) is 60.6. The molecule has 0 N–H and O–H groups in total. The average Bonchev–Trinajstić information content (AvgIpc) is 4.13. The van der Waals surface area contributed by atoms with Crippen LogP contribution in [0.25, 0.3) is 85.0 Å². The van der Waals surface area contributed by atoms with Gasteiger partial charge in [0.1, 0.15) is 47.9 Å². The largest absolute Gasteiger partial charge is 0.490 e. The predicted octanol–water partition coefficient (Wildman–Crippen LogP) is 14.3. The second-order valence-corrected chi connectivity index (χ2v) is 19.4. The molecule has 1 aliphatic carbocycles. The predicted molar refractivity (Wildman–Crippen MR) is 287 cm³/mol. The lowest BCUT2D eigenvalue weighted by Gasteiger charge is -2.34. The lowest BCUT2D eigenvalue weighted by molar-refractivity contribution is -0.139. The second kappa shape index (κ2) is 18.1. The van der Waals surface area contributed by atoms with E-state index in [9.17, 15) is 9.59 Å². The number of nitrogens with zero attached hydrogens (tertiary/aromatic N) is 2. The first-order chi connectivity index (χ1) is 34.8. The summed E-state index contributed by atoms with van der Waals surface area (Å²) in [6.07, 6.45) is 2.29. The topological polar surface area (TPSA) is 96.8 Å². The number of esters is 2. The fourth-order valence-electron chi connectivity index (χ4n) is 9.94. The fraction of sp³-hybridized carbons (Fsp3) is 0.0820. The van der Waals surface area contributed by atoms with Crippen LogP contribution in [-0.2, 0) is 24.5 Å². The van der Waals surface area contributed by atoms with E-state index in [1.807, 2.05) is 36.4 Å². The zero-order chi connectivity index (χ0) is 48.1. The molecule has 71 heavy (non-hydrogen) atoms. The van der Waals surface area contributed by atoms with Crippen molar-refractivity contribution >= 4 is 87.4 Å². The van der Waals surface area contributed by atoms with Crippen molar-refractivity contribution in [3.63, 3.8) is 0 Å². The zero-order valence-corrected chi connectivity index (χ0v) is 39.9. The molecule has 0 bridgehead atoms. The van der Waals surface area contributed by atoms with Crippen molar-refractivity contribution in [1.82, 2.24) is 9.97 Å². The van der Waals surface area contributed by atoms with Gasteiger partial charge < -0.3 is 18.9 Å². The van der Waals surface area contributed by atoms with Crippen molar-refractivity contribution in [2.45, 2.75) is 5.41 Å². The summed E-state index contributed by atoms with van der Waals surface area (Å²) in [5.41, 5.74) is 10.4. The molecule has 2 aromatic heterocycles. The van der Waals surface area contributed by atoms with Crippen LogP contribution < -0.4 is 9.47 Å². The van der Waals surface area contributed by atoms with Crippen molar-refractivity contribution in [2.75, 3.05) is 26.4 Å². The third-order valence-corrected chi connectivity index (χ3v) is 15.4. The summed E-state index contributed by atoms with van der Waals surface area (Å²) in [7, 11) is 0. The van der Waals surface area contributed by atoms with Gasteiger partial charge in [0, 0.05) is 23.3 Å². The zero-order valence-electron chi connectivity index (χ0n) is 38.2. The molecule has 0 amide bonds. The Kier molecular flexibility index (Phi) is 11.2. The maximum Gasteiger partial charge on any atom is 0.330 e. The third-order valence-electron chi connectivity index (χ3n) is 13.2. The van der Waals surface area contributed by atoms with Gasteiger partial charge in [-0.1, -0.05) is 110 Å². The number of hydrogen-bond acceptors (Lipinski definition) is 10. The molecular formula is C61H42N2O6S2. The van der Waals surface area contributed by atoms with Gasteiger partial charge >= 0.3 is 11.9 Å². The van der Waals surface area contributed by atoms with Gasteiger partial charge in [0.2, 0.25) is 0 Å². The Hall–Kier alpha value is -8.44. The molecule has 1 aliphatic rings. The molecule has 344 valence electrons. The maximum atomic E-state index is 11.4. The smallest absolute Gasteiger partial charge is 0.330 e. The Morgan fingerprint density at radius 1 is 0.465 bits per heavy atom. The highest BCUT2D eigenvalue weighted by Crippen LogP contribution is 2.58. The van der Waals surface area contributed by atoms with Crippen LogP contribution >= 0.6 is 22.7 Å². The number of carbonyl (C=O) groups excluding carboxylic acids is 2. The minimum atomic E-state index is -0.683. The Morgan fingerprint density at radius 3 is 1.49 bits per heavy atom. The minimum Gasteiger partial charge on any atom is -0.490 e. The molecule has 0 unspecified atom stereocenters. The number of benzene rings is 9. The lowest BCUT2D eigenvalue weighted by Crippen LogP contribution is -2.28. The standard InChI is InChI=1S/C61H42N2O6S2/c1-3-57(64)68-27-25-66-47-21-17-39-29-43(15-13-41(39)31-47)59-62-53-35-45(19-23-55(53)70-59)61(51-12-8-7-11-49(51)50-33-37-9-5-6-10-38(37)34-52(50)61)46-20-24-56-54(36-46)63-60(71-56)44-16-14-42-32-48(22-18-40(42)30-44)67-26-28-69-58(65)4-2/h3-24,29-36H,1-2,25-28H2. The third kappa shape index (κ3) is 7.97. The molecule has 0 radical (unpaired) electrons. The van der Waals surface area contributed by atoms with E-state index in [0.717, 1.165) is 86.4 Å². The summed E-state index contributed by atoms with van der Waals surface area (Å²) >= 11 is 3.38. The Labute approximate surface area is 416 Å². The highest BCUT2D eigenvalue weighted by atomic mass is 32.1. The first-order valence-corrected chi connectivity index (χ1v) is 24.9. The molecule has 0 aliphatic heterocycles. The number of fused-ring (bicyclic) bond motifs is 8. The van der Waals surface area contributed by atoms with Crippen LogP contribution in [0.5, 0.6) is 11.5 Å². The second-order valence-electron chi connectivity index (χ2n) is 17.3. The monoisotopic (exact) mass is 962 g/mol. The Bertz CT molecular complexity index is 3780. The van der Waals surface area contributed by atoms with E-state index in [1.165, 1.54) is 33.0 Å². The highest BCUT2D eigenvalue weighted by molar-refractivity contribution is 7.22. The van der Waals surface area contributed by atoms with E-state index in [4.69, 9.17) is 28.9 Å². The van der Waals surface area contributed by atoms with E-state index in [2.05, 4.69) is 147 Å². The van der Waals surface area contributed by atoms with Crippen LogP contribution in [0.2, 0.25) is 0 Å². The molecule has 8 nitrogen and oxygen atoms in total. The summed E-state index contributed by atoms with van der Waals surface area (Å²) in [5, 5.41) is 8.49. The molecule has 0 saturated heterocycles. The molecule has 0 saturated carbocycles. The van der Waals surface area contributed by atoms with Crippen LogP contribution in [0.15, 0.2) is 195 Å². The first-order valence-electron chi connectivity index (χ1n) is 23.2. The summed E-state index contributed by atoms with van der Waals surface area (Å²) in [5.74, 6) is 0.470. The fourth-order valence-corrected chi connectivity index (χ4v) is 11.8. The normalized spacial score (nSPS) is 12.5.